The number of aryl methyl sites for hydroxylation is 1. The smallest absolute Gasteiger partial charge is 0.143 e. The standard InChI is InChI=1S/C17H14ClFN2/c1-11-2-4-13-8-12(3-7-17(13)21-11)10-20-14-5-6-15(18)16(19)9-14/h2-9,20H,10H2,1H3. The third-order valence-corrected chi connectivity index (χ3v) is 3.62. The molecule has 0 saturated carbocycles. The molecule has 106 valence electrons. The minimum absolute atomic E-state index is 0.132. The maximum absolute atomic E-state index is 13.4. The molecule has 3 aromatic rings. The Bertz CT molecular complexity index is 802. The van der Waals surface area contributed by atoms with E-state index < -0.39 is 5.82 Å². The van der Waals surface area contributed by atoms with Crippen molar-refractivity contribution in [3.8, 4) is 0 Å². The van der Waals surface area contributed by atoms with Gasteiger partial charge in [-0.25, -0.2) is 4.39 Å². The SMILES string of the molecule is Cc1ccc2cc(CNc3ccc(Cl)c(F)c3)ccc2n1. The number of rotatable bonds is 3. The third-order valence-electron chi connectivity index (χ3n) is 3.31. The molecule has 0 aliphatic heterocycles. The van der Waals surface area contributed by atoms with Gasteiger partial charge in [-0.1, -0.05) is 23.7 Å². The van der Waals surface area contributed by atoms with Gasteiger partial charge in [-0.15, -0.1) is 0 Å². The van der Waals surface area contributed by atoms with Crippen LogP contribution in [0.5, 0.6) is 0 Å². The Morgan fingerprint density at radius 1 is 1.10 bits per heavy atom. The van der Waals surface area contributed by atoms with Gasteiger partial charge in [0, 0.05) is 23.3 Å². The van der Waals surface area contributed by atoms with E-state index in [-0.39, 0.29) is 5.02 Å². The van der Waals surface area contributed by atoms with Crippen molar-refractivity contribution < 1.29 is 4.39 Å². The molecule has 0 unspecified atom stereocenters. The first-order valence-corrected chi connectivity index (χ1v) is 7.05. The van der Waals surface area contributed by atoms with E-state index in [0.29, 0.717) is 12.2 Å². The summed E-state index contributed by atoms with van der Waals surface area (Å²) in [7, 11) is 0. The van der Waals surface area contributed by atoms with Gasteiger partial charge in [0.15, 0.2) is 0 Å². The van der Waals surface area contributed by atoms with Crippen LogP contribution in [0.1, 0.15) is 11.3 Å². The number of halogens is 2. The molecule has 0 spiro atoms. The summed E-state index contributed by atoms with van der Waals surface area (Å²) in [6.07, 6.45) is 0. The van der Waals surface area contributed by atoms with Crippen LogP contribution in [-0.4, -0.2) is 4.98 Å². The number of aromatic nitrogens is 1. The first-order valence-electron chi connectivity index (χ1n) is 6.67. The largest absolute Gasteiger partial charge is 0.381 e. The molecule has 0 fully saturated rings. The molecular weight excluding hydrogens is 287 g/mol. The molecule has 2 aromatic carbocycles. The van der Waals surface area contributed by atoms with Crippen LogP contribution in [0.4, 0.5) is 10.1 Å². The lowest BCUT2D eigenvalue weighted by Crippen LogP contribution is -2.00. The monoisotopic (exact) mass is 300 g/mol. The summed E-state index contributed by atoms with van der Waals surface area (Å²) in [6, 6.07) is 14.9. The van der Waals surface area contributed by atoms with Crippen LogP contribution in [0.15, 0.2) is 48.5 Å². The van der Waals surface area contributed by atoms with Gasteiger partial charge in [0.2, 0.25) is 0 Å². The van der Waals surface area contributed by atoms with Crippen molar-refractivity contribution in [1.82, 2.24) is 4.98 Å². The third kappa shape index (κ3) is 3.14. The zero-order valence-corrected chi connectivity index (χ0v) is 12.3. The van der Waals surface area contributed by atoms with E-state index in [1.54, 1.807) is 12.1 Å². The lowest BCUT2D eigenvalue weighted by atomic mass is 10.1. The van der Waals surface area contributed by atoms with E-state index in [9.17, 15) is 4.39 Å². The summed E-state index contributed by atoms with van der Waals surface area (Å²) in [5.74, 6) is -0.417. The van der Waals surface area contributed by atoms with Gasteiger partial charge in [0.25, 0.3) is 0 Å². The zero-order valence-electron chi connectivity index (χ0n) is 11.5. The fourth-order valence-corrected chi connectivity index (χ4v) is 2.31. The molecule has 0 aliphatic carbocycles. The molecule has 4 heteroatoms. The lowest BCUT2D eigenvalue weighted by Gasteiger charge is -2.08. The van der Waals surface area contributed by atoms with Crippen LogP contribution in [0.25, 0.3) is 10.9 Å². The Hall–Kier alpha value is -2.13. The molecule has 1 N–H and O–H groups in total. The average molecular weight is 301 g/mol. The van der Waals surface area contributed by atoms with Gasteiger partial charge in [0.1, 0.15) is 5.82 Å². The maximum atomic E-state index is 13.4. The molecule has 0 bridgehead atoms. The predicted octanol–water partition coefficient (Wildman–Crippen LogP) is 4.95. The Morgan fingerprint density at radius 3 is 2.76 bits per heavy atom. The second kappa shape index (κ2) is 5.70. The molecule has 1 heterocycles. The van der Waals surface area contributed by atoms with E-state index in [2.05, 4.69) is 22.4 Å². The Kier molecular flexibility index (Phi) is 3.76. The molecule has 0 amide bonds. The maximum Gasteiger partial charge on any atom is 0.143 e. The number of nitrogens with zero attached hydrogens (tertiary/aromatic N) is 1. The van der Waals surface area contributed by atoms with Crippen LogP contribution < -0.4 is 5.32 Å². The molecule has 0 radical (unpaired) electrons. The molecule has 0 atom stereocenters. The second-order valence-electron chi connectivity index (χ2n) is 4.96. The summed E-state index contributed by atoms with van der Waals surface area (Å²) in [6.45, 7) is 2.59. The van der Waals surface area contributed by atoms with E-state index in [1.165, 1.54) is 6.07 Å². The van der Waals surface area contributed by atoms with Gasteiger partial charge in [-0.2, -0.15) is 0 Å². The quantitative estimate of drug-likeness (QED) is 0.740. The molecule has 0 saturated heterocycles. The topological polar surface area (TPSA) is 24.9 Å². The van der Waals surface area contributed by atoms with Crippen molar-refractivity contribution in [1.29, 1.82) is 0 Å². The lowest BCUT2D eigenvalue weighted by molar-refractivity contribution is 0.628. The first kappa shape index (κ1) is 13.8. The highest BCUT2D eigenvalue weighted by Gasteiger charge is 2.02. The minimum Gasteiger partial charge on any atom is -0.381 e. The molecule has 3 rings (SSSR count). The van der Waals surface area contributed by atoms with Crippen LogP contribution in [0.2, 0.25) is 5.02 Å². The number of benzene rings is 2. The van der Waals surface area contributed by atoms with Crippen molar-refractivity contribution in [3.05, 3.63) is 70.6 Å². The fraction of sp³-hybridized carbons (Fsp3) is 0.118. The van der Waals surface area contributed by atoms with Gasteiger partial charge < -0.3 is 5.32 Å². The second-order valence-corrected chi connectivity index (χ2v) is 5.37. The van der Waals surface area contributed by atoms with Gasteiger partial charge in [-0.05, 0) is 48.9 Å². The summed E-state index contributed by atoms with van der Waals surface area (Å²) < 4.78 is 13.4. The average Bonchev–Trinajstić information content (AvgIpc) is 2.48. The van der Waals surface area contributed by atoms with Crippen molar-refractivity contribution in [2.75, 3.05) is 5.32 Å². The van der Waals surface area contributed by atoms with Gasteiger partial charge in [0.05, 0.1) is 10.5 Å². The number of nitrogens with one attached hydrogen (secondary N) is 1. The number of anilines is 1. The molecule has 21 heavy (non-hydrogen) atoms. The Balaban J connectivity index is 1.78. The van der Waals surface area contributed by atoms with E-state index in [0.717, 1.165) is 22.2 Å². The van der Waals surface area contributed by atoms with Crippen LogP contribution in [0.3, 0.4) is 0 Å². The highest BCUT2D eigenvalue weighted by Crippen LogP contribution is 2.20. The number of hydrogen-bond donors (Lipinski definition) is 1. The van der Waals surface area contributed by atoms with Crippen molar-refractivity contribution >= 4 is 28.2 Å². The number of hydrogen-bond acceptors (Lipinski definition) is 2. The fourth-order valence-electron chi connectivity index (χ4n) is 2.20. The summed E-state index contributed by atoms with van der Waals surface area (Å²) >= 11 is 5.67. The minimum atomic E-state index is -0.417. The van der Waals surface area contributed by atoms with E-state index in [1.807, 2.05) is 25.1 Å². The number of pyridine rings is 1. The van der Waals surface area contributed by atoms with Gasteiger partial charge >= 0.3 is 0 Å². The van der Waals surface area contributed by atoms with E-state index in [4.69, 9.17) is 11.6 Å². The molecule has 2 nitrogen and oxygen atoms in total. The van der Waals surface area contributed by atoms with Gasteiger partial charge in [-0.3, -0.25) is 4.98 Å². The first-order chi connectivity index (χ1) is 10.1. The van der Waals surface area contributed by atoms with Crippen LogP contribution in [0, 0.1) is 12.7 Å². The number of fused-ring (bicyclic) bond motifs is 1. The molecule has 0 aliphatic rings. The molecular formula is C17H14ClFN2. The highest BCUT2D eigenvalue weighted by atomic mass is 35.5. The normalized spacial score (nSPS) is 10.8. The van der Waals surface area contributed by atoms with Crippen molar-refractivity contribution in [2.45, 2.75) is 13.5 Å². The zero-order chi connectivity index (χ0) is 14.8. The van der Waals surface area contributed by atoms with Crippen molar-refractivity contribution in [2.24, 2.45) is 0 Å². The van der Waals surface area contributed by atoms with Crippen molar-refractivity contribution in [3.63, 3.8) is 0 Å². The summed E-state index contributed by atoms with van der Waals surface area (Å²) in [4.78, 5) is 4.47. The van der Waals surface area contributed by atoms with Crippen LogP contribution >= 0.6 is 11.6 Å². The van der Waals surface area contributed by atoms with E-state index >= 15 is 0 Å². The Labute approximate surface area is 127 Å². The Morgan fingerprint density at radius 2 is 1.95 bits per heavy atom. The van der Waals surface area contributed by atoms with Crippen LogP contribution in [-0.2, 0) is 6.54 Å². The summed E-state index contributed by atoms with van der Waals surface area (Å²) in [5.41, 5.74) is 3.81. The molecule has 1 aromatic heterocycles. The predicted molar refractivity (Wildman–Crippen MR) is 85.2 cm³/mol. The highest BCUT2D eigenvalue weighted by molar-refractivity contribution is 6.30. The summed E-state index contributed by atoms with van der Waals surface area (Å²) in [5, 5.41) is 4.42.